The fourth-order valence-electron chi connectivity index (χ4n) is 2.64. The molecule has 1 aliphatic heterocycles. The van der Waals surface area contributed by atoms with Crippen molar-refractivity contribution in [2.45, 2.75) is 44.6 Å². The van der Waals surface area contributed by atoms with E-state index >= 15 is 0 Å². The normalized spacial score (nSPS) is 16.1. The molecule has 0 saturated carbocycles. The summed E-state index contributed by atoms with van der Waals surface area (Å²) in [5, 5.41) is 9.55. The van der Waals surface area contributed by atoms with Crippen molar-refractivity contribution in [3.05, 3.63) is 16.1 Å². The predicted molar refractivity (Wildman–Crippen MR) is 99.1 cm³/mol. The Labute approximate surface area is 154 Å². The molecule has 1 aliphatic rings. The number of ether oxygens (including phenoxy) is 1. The van der Waals surface area contributed by atoms with Crippen LogP contribution in [0.1, 0.15) is 36.4 Å². The second-order valence-electron chi connectivity index (χ2n) is 5.54. The summed E-state index contributed by atoms with van der Waals surface area (Å²) < 4.78 is 5.51. The van der Waals surface area contributed by atoms with Crippen molar-refractivity contribution in [3.8, 4) is 0 Å². The van der Waals surface area contributed by atoms with Gasteiger partial charge in [0.1, 0.15) is 5.60 Å². The number of nitrogens with zero attached hydrogens (tertiary/aromatic N) is 1. The molecule has 5 nitrogen and oxygen atoms in total. The first-order valence-corrected chi connectivity index (χ1v) is 8.49. The predicted octanol–water partition coefficient (Wildman–Crippen LogP) is 2.50. The summed E-state index contributed by atoms with van der Waals surface area (Å²) in [6, 6.07) is 0. The zero-order valence-electron chi connectivity index (χ0n) is 13.7. The van der Waals surface area contributed by atoms with Crippen molar-refractivity contribution in [2.24, 2.45) is 0 Å². The fraction of sp³-hybridized carbons (Fsp3) is 0.733. The van der Waals surface area contributed by atoms with Gasteiger partial charge in [0.15, 0.2) is 0 Å². The minimum atomic E-state index is -0.627. The van der Waals surface area contributed by atoms with Gasteiger partial charge in [-0.05, 0) is 52.1 Å². The van der Waals surface area contributed by atoms with E-state index in [4.69, 9.17) is 4.74 Å². The summed E-state index contributed by atoms with van der Waals surface area (Å²) in [6.07, 6.45) is 4.51. The Morgan fingerprint density at radius 1 is 1.39 bits per heavy atom. The van der Waals surface area contributed by atoms with Gasteiger partial charge in [0.2, 0.25) is 0 Å². The Morgan fingerprint density at radius 3 is 2.65 bits per heavy atom. The highest BCUT2D eigenvalue weighted by Gasteiger charge is 2.39. The lowest BCUT2D eigenvalue weighted by Crippen LogP contribution is -2.54. The molecule has 0 bridgehead atoms. The second-order valence-corrected chi connectivity index (χ2v) is 6.49. The van der Waals surface area contributed by atoms with E-state index in [-0.39, 0.29) is 30.7 Å². The Morgan fingerprint density at radius 2 is 2.09 bits per heavy atom. The standard InChI is InChI=1S/C15H25N3O2S.2ClH/c1-12-11-21-13(18-12)5-3-4-8-17-14(19)15(20-2)6-9-16-10-7-15;;/h11,16H,3-10H2,1-2H3,(H,17,19);2*1H. The minimum Gasteiger partial charge on any atom is -0.368 e. The molecular weight excluding hydrogens is 357 g/mol. The van der Waals surface area contributed by atoms with Crippen LogP contribution < -0.4 is 10.6 Å². The topological polar surface area (TPSA) is 63.2 Å². The molecule has 23 heavy (non-hydrogen) atoms. The van der Waals surface area contributed by atoms with Crippen LogP contribution in [0.5, 0.6) is 0 Å². The molecule has 134 valence electrons. The molecule has 8 heteroatoms. The van der Waals surface area contributed by atoms with Crippen LogP contribution in [0, 0.1) is 6.92 Å². The maximum Gasteiger partial charge on any atom is 0.252 e. The van der Waals surface area contributed by atoms with Gasteiger partial charge in [-0.25, -0.2) is 4.98 Å². The number of aromatic nitrogens is 1. The van der Waals surface area contributed by atoms with Gasteiger partial charge in [-0.15, -0.1) is 36.2 Å². The number of thiazole rings is 1. The third kappa shape index (κ3) is 6.55. The molecule has 1 aromatic heterocycles. The molecule has 0 radical (unpaired) electrons. The molecule has 0 unspecified atom stereocenters. The number of unbranched alkanes of at least 4 members (excludes halogenated alkanes) is 1. The van der Waals surface area contributed by atoms with Crippen LogP contribution in [-0.2, 0) is 16.0 Å². The van der Waals surface area contributed by atoms with Gasteiger partial charge < -0.3 is 15.4 Å². The number of hydrogen-bond donors (Lipinski definition) is 2. The molecule has 2 rings (SSSR count). The number of carbonyl (C=O) groups excluding carboxylic acids is 1. The molecule has 2 heterocycles. The Hall–Kier alpha value is -0.400. The highest BCUT2D eigenvalue weighted by molar-refractivity contribution is 7.09. The van der Waals surface area contributed by atoms with Crippen LogP contribution in [0.25, 0.3) is 0 Å². The largest absolute Gasteiger partial charge is 0.368 e. The van der Waals surface area contributed by atoms with Gasteiger partial charge in [0.25, 0.3) is 5.91 Å². The van der Waals surface area contributed by atoms with Crippen LogP contribution in [-0.4, -0.2) is 43.2 Å². The van der Waals surface area contributed by atoms with Crippen LogP contribution in [0.3, 0.4) is 0 Å². The number of carbonyl (C=O) groups is 1. The number of aryl methyl sites for hydroxylation is 2. The van der Waals surface area contributed by atoms with Crippen molar-refractivity contribution in [3.63, 3.8) is 0 Å². The molecule has 0 aliphatic carbocycles. The summed E-state index contributed by atoms with van der Waals surface area (Å²) >= 11 is 1.71. The van der Waals surface area contributed by atoms with Crippen molar-refractivity contribution in [2.75, 3.05) is 26.7 Å². The molecule has 1 amide bonds. The van der Waals surface area contributed by atoms with Gasteiger partial charge in [-0.1, -0.05) is 0 Å². The average Bonchev–Trinajstić information content (AvgIpc) is 2.93. The number of methoxy groups -OCH3 is 1. The van der Waals surface area contributed by atoms with Crippen LogP contribution in [0.4, 0.5) is 0 Å². The second kappa shape index (κ2) is 11.2. The third-order valence-electron chi connectivity index (χ3n) is 3.99. The molecule has 0 atom stereocenters. The Kier molecular flexibility index (Phi) is 11.0. The monoisotopic (exact) mass is 383 g/mol. The first kappa shape index (κ1) is 22.6. The van der Waals surface area contributed by atoms with Gasteiger partial charge >= 0.3 is 0 Å². The molecule has 1 fully saturated rings. The summed E-state index contributed by atoms with van der Waals surface area (Å²) in [6.45, 7) is 4.40. The zero-order chi connectivity index (χ0) is 15.1. The summed E-state index contributed by atoms with van der Waals surface area (Å²) in [5.41, 5.74) is 0.466. The number of amides is 1. The lowest BCUT2D eigenvalue weighted by atomic mass is 9.91. The first-order valence-electron chi connectivity index (χ1n) is 7.61. The minimum absolute atomic E-state index is 0. The van der Waals surface area contributed by atoms with Gasteiger partial charge in [0, 0.05) is 24.7 Å². The van der Waals surface area contributed by atoms with Gasteiger partial charge in [-0.2, -0.15) is 0 Å². The smallest absolute Gasteiger partial charge is 0.252 e. The SMILES string of the molecule is COC1(C(=O)NCCCCc2nc(C)cs2)CCNCC1.Cl.Cl. The Bertz CT molecular complexity index is 465. The molecule has 1 saturated heterocycles. The zero-order valence-corrected chi connectivity index (χ0v) is 16.2. The highest BCUT2D eigenvalue weighted by Crippen LogP contribution is 2.22. The van der Waals surface area contributed by atoms with E-state index < -0.39 is 5.60 Å². The molecular formula is C15H27Cl2N3O2S. The molecule has 0 aromatic carbocycles. The van der Waals surface area contributed by atoms with Gasteiger partial charge in [0.05, 0.1) is 5.01 Å². The van der Waals surface area contributed by atoms with E-state index in [2.05, 4.69) is 21.0 Å². The lowest BCUT2D eigenvalue weighted by molar-refractivity contribution is -0.146. The average molecular weight is 384 g/mol. The number of rotatable bonds is 7. The van der Waals surface area contributed by atoms with E-state index in [1.54, 1.807) is 18.4 Å². The molecule has 1 aromatic rings. The van der Waals surface area contributed by atoms with Crippen molar-refractivity contribution in [1.29, 1.82) is 0 Å². The molecule has 0 spiro atoms. The molecule has 2 N–H and O–H groups in total. The summed E-state index contributed by atoms with van der Waals surface area (Å²) in [5.74, 6) is 0.0385. The highest BCUT2D eigenvalue weighted by atomic mass is 35.5. The first-order chi connectivity index (χ1) is 10.2. The number of halogens is 2. The fourth-order valence-corrected chi connectivity index (χ4v) is 3.45. The number of hydrogen-bond acceptors (Lipinski definition) is 5. The quantitative estimate of drug-likeness (QED) is 0.709. The van der Waals surface area contributed by atoms with Gasteiger partial charge in [-0.3, -0.25) is 4.79 Å². The van der Waals surface area contributed by atoms with Crippen molar-refractivity contribution >= 4 is 42.1 Å². The maximum atomic E-state index is 12.3. The van der Waals surface area contributed by atoms with Crippen molar-refractivity contribution < 1.29 is 9.53 Å². The van der Waals surface area contributed by atoms with E-state index in [0.717, 1.165) is 50.9 Å². The summed E-state index contributed by atoms with van der Waals surface area (Å²) in [4.78, 5) is 16.8. The van der Waals surface area contributed by atoms with E-state index in [1.807, 2.05) is 6.92 Å². The summed E-state index contributed by atoms with van der Waals surface area (Å²) in [7, 11) is 1.63. The Balaban J connectivity index is 0.00000242. The van der Waals surface area contributed by atoms with E-state index in [0.29, 0.717) is 6.54 Å². The lowest BCUT2D eigenvalue weighted by Gasteiger charge is -2.34. The van der Waals surface area contributed by atoms with E-state index in [1.165, 1.54) is 5.01 Å². The number of nitrogens with one attached hydrogen (secondary N) is 2. The maximum absolute atomic E-state index is 12.3. The van der Waals surface area contributed by atoms with Crippen LogP contribution >= 0.6 is 36.2 Å². The van der Waals surface area contributed by atoms with E-state index in [9.17, 15) is 4.79 Å². The third-order valence-corrected chi connectivity index (χ3v) is 5.01. The van der Waals surface area contributed by atoms with Crippen LogP contribution in [0.2, 0.25) is 0 Å². The number of piperidine rings is 1. The van der Waals surface area contributed by atoms with Crippen LogP contribution in [0.15, 0.2) is 5.38 Å². The van der Waals surface area contributed by atoms with Crippen molar-refractivity contribution in [1.82, 2.24) is 15.6 Å².